The third kappa shape index (κ3) is 6.04. The molecule has 0 saturated carbocycles. The van der Waals surface area contributed by atoms with Crippen LogP contribution in [-0.2, 0) is 9.59 Å². The highest BCUT2D eigenvalue weighted by molar-refractivity contribution is 5.92. The van der Waals surface area contributed by atoms with E-state index in [1.165, 1.54) is 0 Å². The van der Waals surface area contributed by atoms with Crippen molar-refractivity contribution in [1.82, 2.24) is 15.1 Å². The van der Waals surface area contributed by atoms with Crippen molar-refractivity contribution in [2.24, 2.45) is 0 Å². The topological polar surface area (TPSA) is 52.7 Å². The number of piperazine rings is 1. The van der Waals surface area contributed by atoms with Gasteiger partial charge < -0.3 is 15.1 Å². The van der Waals surface area contributed by atoms with Crippen molar-refractivity contribution in [3.63, 3.8) is 0 Å². The van der Waals surface area contributed by atoms with Gasteiger partial charge in [-0.25, -0.2) is 0 Å². The van der Waals surface area contributed by atoms with E-state index in [1.54, 1.807) is 9.80 Å². The molecule has 5 heteroatoms. The molecule has 0 bridgehead atoms. The average molecular weight is 297 g/mol. The highest BCUT2D eigenvalue weighted by Gasteiger charge is 2.28. The van der Waals surface area contributed by atoms with Gasteiger partial charge in [0.05, 0.1) is 13.1 Å². The number of nitrogens with zero attached hydrogens (tertiary/aromatic N) is 2. The lowest BCUT2D eigenvalue weighted by molar-refractivity contribution is -0.150. The smallest absolute Gasteiger partial charge is 0.242 e. The van der Waals surface area contributed by atoms with Crippen LogP contribution in [0.1, 0.15) is 52.9 Å². The molecule has 0 aromatic rings. The number of carbonyl (C=O) groups is 2. The number of hydrogen-bond acceptors (Lipinski definition) is 3. The second-order valence-corrected chi connectivity index (χ2v) is 5.83. The van der Waals surface area contributed by atoms with Crippen LogP contribution >= 0.6 is 0 Å². The van der Waals surface area contributed by atoms with E-state index in [0.717, 1.165) is 38.6 Å². The SMILES string of the molecule is CCCNC(CC)CCCN1CC(=O)N(CCC)CC1=O. The summed E-state index contributed by atoms with van der Waals surface area (Å²) in [6.07, 6.45) is 5.18. The monoisotopic (exact) mass is 297 g/mol. The fraction of sp³-hybridized carbons (Fsp3) is 0.875. The summed E-state index contributed by atoms with van der Waals surface area (Å²) in [5.41, 5.74) is 0. The van der Waals surface area contributed by atoms with Gasteiger partial charge in [-0.1, -0.05) is 20.8 Å². The summed E-state index contributed by atoms with van der Waals surface area (Å²) in [5, 5.41) is 3.52. The van der Waals surface area contributed by atoms with Crippen molar-refractivity contribution >= 4 is 11.8 Å². The minimum absolute atomic E-state index is 0.0904. The standard InChI is InChI=1S/C16H31N3O2/c1-4-9-17-14(6-3)8-7-11-19-13-15(20)18(10-5-2)12-16(19)21/h14,17H,4-13H2,1-3H3. The van der Waals surface area contributed by atoms with Crippen molar-refractivity contribution < 1.29 is 9.59 Å². The molecule has 1 rings (SSSR count). The predicted molar refractivity (Wildman–Crippen MR) is 85.1 cm³/mol. The first-order chi connectivity index (χ1) is 10.1. The van der Waals surface area contributed by atoms with Crippen molar-refractivity contribution in [3.05, 3.63) is 0 Å². The van der Waals surface area contributed by atoms with Crippen LogP contribution in [0, 0.1) is 0 Å². The Kier molecular flexibility index (Phi) is 8.35. The van der Waals surface area contributed by atoms with Gasteiger partial charge in [0, 0.05) is 19.1 Å². The van der Waals surface area contributed by atoms with E-state index in [2.05, 4.69) is 19.2 Å². The Bertz CT molecular complexity index is 333. The molecular weight excluding hydrogens is 266 g/mol. The molecule has 21 heavy (non-hydrogen) atoms. The maximum Gasteiger partial charge on any atom is 0.242 e. The Morgan fingerprint density at radius 2 is 1.62 bits per heavy atom. The maximum absolute atomic E-state index is 12.1. The maximum atomic E-state index is 12.1. The van der Waals surface area contributed by atoms with E-state index < -0.39 is 0 Å². The Balaban J connectivity index is 2.32. The lowest BCUT2D eigenvalue weighted by atomic mass is 10.1. The molecule has 1 aliphatic rings. The molecule has 5 nitrogen and oxygen atoms in total. The van der Waals surface area contributed by atoms with Crippen LogP contribution in [0.2, 0.25) is 0 Å². The highest BCUT2D eigenvalue weighted by Crippen LogP contribution is 2.09. The molecule has 0 aliphatic carbocycles. The summed E-state index contributed by atoms with van der Waals surface area (Å²) in [4.78, 5) is 27.4. The largest absolute Gasteiger partial charge is 0.332 e. The van der Waals surface area contributed by atoms with E-state index in [4.69, 9.17) is 0 Å². The molecule has 1 saturated heterocycles. The molecule has 1 heterocycles. The van der Waals surface area contributed by atoms with Crippen LogP contribution in [0.3, 0.4) is 0 Å². The lowest BCUT2D eigenvalue weighted by Gasteiger charge is -2.34. The van der Waals surface area contributed by atoms with E-state index in [-0.39, 0.29) is 24.9 Å². The van der Waals surface area contributed by atoms with Crippen molar-refractivity contribution in [2.75, 3.05) is 32.7 Å². The number of hydrogen-bond donors (Lipinski definition) is 1. The fourth-order valence-electron chi connectivity index (χ4n) is 2.71. The van der Waals surface area contributed by atoms with Crippen LogP contribution < -0.4 is 5.32 Å². The minimum atomic E-state index is 0.0904. The molecule has 122 valence electrons. The zero-order valence-corrected chi connectivity index (χ0v) is 13.9. The minimum Gasteiger partial charge on any atom is -0.332 e. The second-order valence-electron chi connectivity index (χ2n) is 5.83. The van der Waals surface area contributed by atoms with Crippen LogP contribution in [0.4, 0.5) is 0 Å². The summed E-state index contributed by atoms with van der Waals surface area (Å²) in [6.45, 7) is 9.34. The molecule has 2 amide bonds. The van der Waals surface area contributed by atoms with Gasteiger partial charge in [0.15, 0.2) is 0 Å². The van der Waals surface area contributed by atoms with E-state index in [1.807, 2.05) is 6.92 Å². The summed E-state index contributed by atoms with van der Waals surface area (Å²) in [7, 11) is 0. The molecule has 0 spiro atoms. The average Bonchev–Trinajstić information content (AvgIpc) is 2.47. The third-order valence-electron chi connectivity index (χ3n) is 4.01. The Hall–Kier alpha value is -1.10. The van der Waals surface area contributed by atoms with Crippen LogP contribution in [-0.4, -0.2) is 60.4 Å². The van der Waals surface area contributed by atoms with Gasteiger partial charge in [-0.15, -0.1) is 0 Å². The van der Waals surface area contributed by atoms with Gasteiger partial charge in [0.1, 0.15) is 0 Å². The van der Waals surface area contributed by atoms with Crippen LogP contribution in [0.5, 0.6) is 0 Å². The first kappa shape index (κ1) is 18.0. The summed E-state index contributed by atoms with van der Waals surface area (Å²) >= 11 is 0. The molecule has 1 fully saturated rings. The molecule has 1 aliphatic heterocycles. The molecular formula is C16H31N3O2. The molecule has 1 atom stereocenters. The van der Waals surface area contributed by atoms with E-state index in [0.29, 0.717) is 19.1 Å². The Morgan fingerprint density at radius 3 is 2.14 bits per heavy atom. The number of amides is 2. The molecule has 0 aromatic heterocycles. The number of nitrogens with one attached hydrogen (secondary N) is 1. The van der Waals surface area contributed by atoms with Crippen LogP contribution in [0.25, 0.3) is 0 Å². The highest BCUT2D eigenvalue weighted by atomic mass is 16.2. The molecule has 0 radical (unpaired) electrons. The van der Waals surface area contributed by atoms with Crippen molar-refractivity contribution in [2.45, 2.75) is 58.9 Å². The lowest BCUT2D eigenvalue weighted by Crippen LogP contribution is -2.54. The predicted octanol–water partition coefficient (Wildman–Crippen LogP) is 1.63. The number of rotatable bonds is 10. The summed E-state index contributed by atoms with van der Waals surface area (Å²) in [6, 6.07) is 0.525. The number of carbonyl (C=O) groups excluding carboxylic acids is 2. The van der Waals surface area contributed by atoms with Gasteiger partial charge in [-0.3, -0.25) is 9.59 Å². The quantitative estimate of drug-likeness (QED) is 0.667. The van der Waals surface area contributed by atoms with E-state index >= 15 is 0 Å². The van der Waals surface area contributed by atoms with Gasteiger partial charge in [-0.2, -0.15) is 0 Å². The van der Waals surface area contributed by atoms with E-state index in [9.17, 15) is 9.59 Å². The first-order valence-corrected chi connectivity index (χ1v) is 8.41. The second kappa shape index (κ2) is 9.77. The van der Waals surface area contributed by atoms with Gasteiger partial charge >= 0.3 is 0 Å². The summed E-state index contributed by atoms with van der Waals surface area (Å²) in [5.74, 6) is 0.185. The zero-order valence-electron chi connectivity index (χ0n) is 13.9. The van der Waals surface area contributed by atoms with Crippen molar-refractivity contribution in [3.8, 4) is 0 Å². The van der Waals surface area contributed by atoms with Crippen molar-refractivity contribution in [1.29, 1.82) is 0 Å². The summed E-state index contributed by atoms with van der Waals surface area (Å²) < 4.78 is 0. The molecule has 0 aromatic carbocycles. The molecule has 1 unspecified atom stereocenters. The van der Waals surface area contributed by atoms with Gasteiger partial charge in [-0.05, 0) is 38.6 Å². The molecule has 1 N–H and O–H groups in total. The normalized spacial score (nSPS) is 17.5. The Morgan fingerprint density at radius 1 is 1.00 bits per heavy atom. The van der Waals surface area contributed by atoms with Gasteiger partial charge in [0.2, 0.25) is 11.8 Å². The third-order valence-corrected chi connectivity index (χ3v) is 4.01. The fourth-order valence-corrected chi connectivity index (χ4v) is 2.71. The van der Waals surface area contributed by atoms with Gasteiger partial charge in [0.25, 0.3) is 0 Å². The Labute approximate surface area is 129 Å². The first-order valence-electron chi connectivity index (χ1n) is 8.41. The van der Waals surface area contributed by atoms with Crippen LogP contribution in [0.15, 0.2) is 0 Å². The zero-order chi connectivity index (χ0) is 15.7.